The van der Waals surface area contributed by atoms with Crippen LogP contribution in [-0.2, 0) is 10.2 Å². The SMILES string of the molecule is CNS(=O)(=O)N1CCN(C(=O)c2cnn(-c3ccc(Cl)cc3)c2C(C)C)CC1. The van der Waals surface area contributed by atoms with Crippen LogP contribution in [0.4, 0.5) is 0 Å². The summed E-state index contributed by atoms with van der Waals surface area (Å²) in [6.45, 7) is 5.22. The molecule has 1 amide bonds. The maximum absolute atomic E-state index is 13.1. The quantitative estimate of drug-likeness (QED) is 0.792. The molecule has 0 aliphatic carbocycles. The number of amides is 1. The first-order valence-corrected chi connectivity index (χ1v) is 10.9. The van der Waals surface area contributed by atoms with Crippen LogP contribution in [0, 0.1) is 0 Å². The molecule has 1 aromatic carbocycles. The molecule has 3 rings (SSSR count). The van der Waals surface area contributed by atoms with Gasteiger partial charge in [-0.05, 0) is 30.2 Å². The van der Waals surface area contributed by atoms with Crippen LogP contribution < -0.4 is 4.72 Å². The van der Waals surface area contributed by atoms with E-state index >= 15 is 0 Å². The molecule has 28 heavy (non-hydrogen) atoms. The van der Waals surface area contributed by atoms with Gasteiger partial charge < -0.3 is 4.90 Å². The van der Waals surface area contributed by atoms with Crippen molar-refractivity contribution in [2.45, 2.75) is 19.8 Å². The van der Waals surface area contributed by atoms with E-state index in [2.05, 4.69) is 9.82 Å². The van der Waals surface area contributed by atoms with Gasteiger partial charge in [0.2, 0.25) is 0 Å². The highest BCUT2D eigenvalue weighted by Crippen LogP contribution is 2.25. The number of piperazine rings is 1. The molecule has 10 heteroatoms. The maximum Gasteiger partial charge on any atom is 0.279 e. The molecule has 1 aliphatic rings. The van der Waals surface area contributed by atoms with E-state index in [0.717, 1.165) is 11.4 Å². The van der Waals surface area contributed by atoms with Crippen LogP contribution in [0.5, 0.6) is 0 Å². The van der Waals surface area contributed by atoms with Crippen LogP contribution in [0.2, 0.25) is 5.02 Å². The van der Waals surface area contributed by atoms with Crippen molar-refractivity contribution in [3.05, 3.63) is 46.7 Å². The molecule has 0 unspecified atom stereocenters. The zero-order valence-electron chi connectivity index (χ0n) is 16.1. The lowest BCUT2D eigenvalue weighted by Crippen LogP contribution is -2.52. The average Bonchev–Trinajstić information content (AvgIpc) is 3.13. The summed E-state index contributed by atoms with van der Waals surface area (Å²) in [4.78, 5) is 14.8. The fourth-order valence-corrected chi connectivity index (χ4v) is 4.33. The van der Waals surface area contributed by atoms with Crippen LogP contribution in [0.15, 0.2) is 30.5 Å². The monoisotopic (exact) mass is 425 g/mol. The van der Waals surface area contributed by atoms with Crippen molar-refractivity contribution in [3.8, 4) is 5.69 Å². The van der Waals surface area contributed by atoms with Crippen LogP contribution >= 0.6 is 11.6 Å². The number of aromatic nitrogens is 2. The third kappa shape index (κ3) is 4.07. The summed E-state index contributed by atoms with van der Waals surface area (Å²) in [5, 5.41) is 5.06. The van der Waals surface area contributed by atoms with E-state index in [1.807, 2.05) is 26.0 Å². The van der Waals surface area contributed by atoms with Gasteiger partial charge in [0.1, 0.15) is 0 Å². The summed E-state index contributed by atoms with van der Waals surface area (Å²) < 4.78 is 29.2. The Balaban J connectivity index is 1.84. The summed E-state index contributed by atoms with van der Waals surface area (Å²) in [7, 11) is -2.09. The first-order valence-electron chi connectivity index (χ1n) is 9.06. The minimum atomic E-state index is -3.47. The Morgan fingerprint density at radius 2 is 1.75 bits per heavy atom. The van der Waals surface area contributed by atoms with Gasteiger partial charge in [0, 0.05) is 38.2 Å². The van der Waals surface area contributed by atoms with Crippen molar-refractivity contribution in [1.82, 2.24) is 23.7 Å². The number of rotatable bonds is 5. The molecule has 1 aliphatic heterocycles. The fourth-order valence-electron chi connectivity index (χ4n) is 3.30. The standard InChI is InChI=1S/C18H24ClN5O3S/c1-13(2)17-16(12-21-24(17)15-6-4-14(19)5-7-15)18(25)22-8-10-23(11-9-22)28(26,27)20-3/h4-7,12-13,20H,8-11H2,1-3H3. The van der Waals surface area contributed by atoms with Crippen molar-refractivity contribution in [3.63, 3.8) is 0 Å². The van der Waals surface area contributed by atoms with Gasteiger partial charge in [0.25, 0.3) is 16.1 Å². The van der Waals surface area contributed by atoms with Crippen molar-refractivity contribution in [2.24, 2.45) is 0 Å². The number of halogens is 1. The molecular weight excluding hydrogens is 402 g/mol. The van der Waals surface area contributed by atoms with Crippen LogP contribution in [-0.4, -0.2) is 66.5 Å². The third-order valence-electron chi connectivity index (χ3n) is 4.78. The van der Waals surface area contributed by atoms with E-state index in [0.29, 0.717) is 23.7 Å². The lowest BCUT2D eigenvalue weighted by atomic mass is 10.0. The second kappa shape index (κ2) is 8.20. The van der Waals surface area contributed by atoms with E-state index in [9.17, 15) is 13.2 Å². The Morgan fingerprint density at radius 3 is 2.29 bits per heavy atom. The average molecular weight is 426 g/mol. The molecule has 0 bridgehead atoms. The van der Waals surface area contributed by atoms with E-state index in [1.54, 1.807) is 27.9 Å². The molecule has 0 radical (unpaired) electrons. The van der Waals surface area contributed by atoms with Crippen molar-refractivity contribution in [2.75, 3.05) is 33.2 Å². The predicted octanol–water partition coefficient (Wildman–Crippen LogP) is 1.87. The number of hydrogen-bond donors (Lipinski definition) is 1. The van der Waals surface area contributed by atoms with E-state index in [4.69, 9.17) is 11.6 Å². The lowest BCUT2D eigenvalue weighted by molar-refractivity contribution is 0.0695. The van der Waals surface area contributed by atoms with Gasteiger partial charge in [-0.15, -0.1) is 0 Å². The molecule has 0 atom stereocenters. The molecule has 1 saturated heterocycles. The Labute approximate surface area is 170 Å². The number of benzene rings is 1. The second-order valence-corrected chi connectivity index (χ2v) is 9.20. The Bertz CT molecular complexity index is 948. The number of nitrogens with one attached hydrogen (secondary N) is 1. The third-order valence-corrected chi connectivity index (χ3v) is 6.59. The highest BCUT2D eigenvalue weighted by molar-refractivity contribution is 7.87. The van der Waals surface area contributed by atoms with E-state index in [-0.39, 0.29) is 24.9 Å². The molecular formula is C18H24ClN5O3S. The Kier molecular flexibility index (Phi) is 6.09. The number of hydrogen-bond acceptors (Lipinski definition) is 4. The topological polar surface area (TPSA) is 87.5 Å². The number of nitrogens with zero attached hydrogens (tertiary/aromatic N) is 4. The lowest BCUT2D eigenvalue weighted by Gasteiger charge is -2.33. The normalized spacial score (nSPS) is 16.0. The summed E-state index contributed by atoms with van der Waals surface area (Å²) in [5.41, 5.74) is 2.18. The van der Waals surface area contributed by atoms with Gasteiger partial charge in [-0.25, -0.2) is 9.40 Å². The minimum absolute atomic E-state index is 0.0723. The second-order valence-electron chi connectivity index (χ2n) is 6.89. The first kappa shape index (κ1) is 20.8. The zero-order valence-corrected chi connectivity index (χ0v) is 17.7. The van der Waals surface area contributed by atoms with Gasteiger partial charge in [-0.3, -0.25) is 4.79 Å². The molecule has 2 aromatic rings. The largest absolute Gasteiger partial charge is 0.336 e. The van der Waals surface area contributed by atoms with Crippen LogP contribution in [0.25, 0.3) is 5.69 Å². The first-order chi connectivity index (χ1) is 13.2. The van der Waals surface area contributed by atoms with E-state index < -0.39 is 10.2 Å². The smallest absolute Gasteiger partial charge is 0.279 e. The van der Waals surface area contributed by atoms with Gasteiger partial charge in [0.05, 0.1) is 23.1 Å². The van der Waals surface area contributed by atoms with Crippen molar-refractivity contribution >= 4 is 27.7 Å². The predicted molar refractivity (Wildman–Crippen MR) is 108 cm³/mol. The van der Waals surface area contributed by atoms with E-state index in [1.165, 1.54) is 11.4 Å². The highest BCUT2D eigenvalue weighted by atomic mass is 35.5. The summed E-state index contributed by atoms with van der Waals surface area (Å²) in [6, 6.07) is 7.28. The fraction of sp³-hybridized carbons (Fsp3) is 0.444. The Hall–Kier alpha value is -1.94. The van der Waals surface area contributed by atoms with Crippen molar-refractivity contribution in [1.29, 1.82) is 0 Å². The van der Waals surface area contributed by atoms with Gasteiger partial charge >= 0.3 is 0 Å². The molecule has 152 valence electrons. The Morgan fingerprint density at radius 1 is 1.14 bits per heavy atom. The molecule has 0 spiro atoms. The van der Waals surface area contributed by atoms with Gasteiger partial charge in [-0.2, -0.15) is 17.8 Å². The van der Waals surface area contributed by atoms with Gasteiger partial charge in [0.15, 0.2) is 0 Å². The van der Waals surface area contributed by atoms with Gasteiger partial charge in [-0.1, -0.05) is 25.4 Å². The minimum Gasteiger partial charge on any atom is -0.336 e. The molecule has 2 heterocycles. The number of carbonyl (C=O) groups excluding carboxylic acids is 1. The zero-order chi connectivity index (χ0) is 20.5. The molecule has 1 fully saturated rings. The molecule has 1 aromatic heterocycles. The highest BCUT2D eigenvalue weighted by Gasteiger charge is 2.30. The van der Waals surface area contributed by atoms with Crippen LogP contribution in [0.1, 0.15) is 35.8 Å². The summed E-state index contributed by atoms with van der Waals surface area (Å²) in [5.74, 6) is -0.0616. The maximum atomic E-state index is 13.1. The number of carbonyl (C=O) groups is 1. The summed E-state index contributed by atoms with van der Waals surface area (Å²) >= 11 is 5.97. The summed E-state index contributed by atoms with van der Waals surface area (Å²) in [6.07, 6.45) is 1.59. The van der Waals surface area contributed by atoms with Crippen LogP contribution in [0.3, 0.4) is 0 Å². The molecule has 8 nitrogen and oxygen atoms in total. The molecule has 0 saturated carbocycles. The van der Waals surface area contributed by atoms with Crippen molar-refractivity contribution < 1.29 is 13.2 Å². The molecule has 1 N–H and O–H groups in total.